The molecule has 0 heterocycles. The first kappa shape index (κ1) is 16.5. The first-order valence-electron chi connectivity index (χ1n) is 8.49. The van der Waals surface area contributed by atoms with Crippen LogP contribution in [0.1, 0.15) is 96.8 Å². The highest BCUT2D eigenvalue weighted by molar-refractivity contribution is 5.90. The lowest BCUT2D eigenvalue weighted by molar-refractivity contribution is -0.114. The van der Waals surface area contributed by atoms with Gasteiger partial charge in [0.25, 0.3) is 0 Å². The third-order valence-electron chi connectivity index (χ3n) is 4.15. The molecule has 0 bridgehead atoms. The second-order valence-corrected chi connectivity index (χ2v) is 6.20. The molecule has 1 heteroatoms. The molecule has 0 N–H and O–H groups in total. The summed E-state index contributed by atoms with van der Waals surface area (Å²) in [6.07, 6.45) is 19.8. The molecule has 0 aromatic heterocycles. The lowest BCUT2D eigenvalue weighted by Gasteiger charge is -2.02. The maximum Gasteiger partial charge on any atom is 0.155 e. The van der Waals surface area contributed by atoms with Gasteiger partial charge in [0.05, 0.1) is 0 Å². The third kappa shape index (κ3) is 9.92. The smallest absolute Gasteiger partial charge is 0.155 e. The average molecular weight is 264 g/mol. The minimum Gasteiger partial charge on any atom is -0.295 e. The van der Waals surface area contributed by atoms with Crippen LogP contribution < -0.4 is 0 Å². The summed E-state index contributed by atoms with van der Waals surface area (Å²) in [5, 5.41) is 0. The quantitative estimate of drug-likeness (QED) is 0.526. The van der Waals surface area contributed by atoms with Crippen LogP contribution in [0.3, 0.4) is 0 Å². The van der Waals surface area contributed by atoms with Gasteiger partial charge in [-0.2, -0.15) is 0 Å². The van der Waals surface area contributed by atoms with Gasteiger partial charge < -0.3 is 0 Å². The van der Waals surface area contributed by atoms with E-state index in [1.807, 2.05) is 6.08 Å². The predicted molar refractivity (Wildman–Crippen MR) is 83.4 cm³/mol. The number of hydrogen-bond acceptors (Lipinski definition) is 1. The monoisotopic (exact) mass is 264 g/mol. The van der Waals surface area contributed by atoms with Crippen LogP contribution in [0.25, 0.3) is 0 Å². The van der Waals surface area contributed by atoms with Gasteiger partial charge >= 0.3 is 0 Å². The maximum absolute atomic E-state index is 11.8. The van der Waals surface area contributed by atoms with Gasteiger partial charge in [-0.05, 0) is 32.3 Å². The largest absolute Gasteiger partial charge is 0.295 e. The zero-order valence-corrected chi connectivity index (χ0v) is 12.9. The Morgan fingerprint density at radius 3 is 1.47 bits per heavy atom. The second kappa shape index (κ2) is 11.3. The maximum atomic E-state index is 11.8. The van der Waals surface area contributed by atoms with E-state index in [1.165, 1.54) is 76.2 Å². The van der Waals surface area contributed by atoms with Crippen molar-refractivity contribution in [3.8, 4) is 0 Å². The molecule has 0 saturated heterocycles. The Balaban J connectivity index is 2.29. The fraction of sp³-hybridized carbons (Fsp3) is 0.833. The summed E-state index contributed by atoms with van der Waals surface area (Å²) in [6, 6.07) is 0. The first-order valence-corrected chi connectivity index (χ1v) is 8.49. The summed E-state index contributed by atoms with van der Waals surface area (Å²) < 4.78 is 0. The summed E-state index contributed by atoms with van der Waals surface area (Å²) in [6.45, 7) is 2.12. The molecule has 1 nitrogen and oxygen atoms in total. The van der Waals surface area contributed by atoms with Gasteiger partial charge in [0.15, 0.2) is 5.78 Å². The van der Waals surface area contributed by atoms with E-state index in [2.05, 4.69) is 6.92 Å². The SMILES string of the molecule is C/C1=C\C(=O)CCCCCCCCCCCCCC1. The summed E-state index contributed by atoms with van der Waals surface area (Å²) in [7, 11) is 0. The molecule has 0 fully saturated rings. The zero-order chi connectivity index (χ0) is 13.8. The Morgan fingerprint density at radius 2 is 1.00 bits per heavy atom. The van der Waals surface area contributed by atoms with Crippen LogP contribution in [-0.2, 0) is 4.79 Å². The highest BCUT2D eigenvalue weighted by atomic mass is 16.1. The van der Waals surface area contributed by atoms with Crippen LogP contribution in [0, 0.1) is 0 Å². The molecule has 1 rings (SSSR count). The second-order valence-electron chi connectivity index (χ2n) is 6.20. The van der Waals surface area contributed by atoms with Gasteiger partial charge in [0.1, 0.15) is 0 Å². The van der Waals surface area contributed by atoms with Crippen LogP contribution in [0.5, 0.6) is 0 Å². The molecule has 1 aliphatic rings. The highest BCUT2D eigenvalue weighted by Crippen LogP contribution is 2.15. The fourth-order valence-electron chi connectivity index (χ4n) is 2.89. The van der Waals surface area contributed by atoms with Crippen molar-refractivity contribution >= 4 is 5.78 Å². The predicted octanol–water partition coefficient (Wildman–Crippen LogP) is 5.98. The van der Waals surface area contributed by atoms with Gasteiger partial charge in [0, 0.05) is 6.42 Å². The molecular formula is C18H32O. The van der Waals surface area contributed by atoms with Crippen molar-refractivity contribution in [3.05, 3.63) is 11.6 Å². The normalized spacial score (nSPS) is 25.3. The van der Waals surface area contributed by atoms with Crippen molar-refractivity contribution in [3.63, 3.8) is 0 Å². The minimum absolute atomic E-state index is 0.349. The Labute approximate surface area is 119 Å². The van der Waals surface area contributed by atoms with Crippen LogP contribution in [0.15, 0.2) is 11.6 Å². The number of carbonyl (C=O) groups excluding carboxylic acids is 1. The molecule has 1 aliphatic carbocycles. The molecule has 0 spiro atoms. The highest BCUT2D eigenvalue weighted by Gasteiger charge is 2.01. The lowest BCUT2D eigenvalue weighted by atomic mass is 10.0. The Kier molecular flexibility index (Phi) is 9.75. The number of hydrogen-bond donors (Lipinski definition) is 0. The van der Waals surface area contributed by atoms with E-state index in [0.29, 0.717) is 5.78 Å². The van der Waals surface area contributed by atoms with E-state index in [-0.39, 0.29) is 0 Å². The molecule has 0 saturated carbocycles. The summed E-state index contributed by atoms with van der Waals surface area (Å²) in [5.41, 5.74) is 1.29. The van der Waals surface area contributed by atoms with E-state index in [1.54, 1.807) is 0 Å². The van der Waals surface area contributed by atoms with Crippen LogP contribution in [-0.4, -0.2) is 5.78 Å². The zero-order valence-electron chi connectivity index (χ0n) is 12.9. The minimum atomic E-state index is 0.349. The Bertz CT molecular complexity index is 265. The van der Waals surface area contributed by atoms with E-state index in [0.717, 1.165) is 19.3 Å². The average Bonchev–Trinajstić information content (AvgIpc) is 2.38. The number of rotatable bonds is 0. The molecule has 0 aromatic rings. The number of carbonyl (C=O) groups is 1. The van der Waals surface area contributed by atoms with Crippen molar-refractivity contribution in [2.24, 2.45) is 0 Å². The molecule has 0 aromatic carbocycles. The lowest BCUT2D eigenvalue weighted by Crippen LogP contribution is -1.94. The fourth-order valence-corrected chi connectivity index (χ4v) is 2.89. The van der Waals surface area contributed by atoms with Crippen LogP contribution in [0.2, 0.25) is 0 Å². The molecule has 110 valence electrons. The van der Waals surface area contributed by atoms with Crippen LogP contribution in [0.4, 0.5) is 0 Å². The van der Waals surface area contributed by atoms with Gasteiger partial charge in [-0.3, -0.25) is 4.79 Å². The van der Waals surface area contributed by atoms with Crippen molar-refractivity contribution < 1.29 is 4.79 Å². The molecule has 0 amide bonds. The van der Waals surface area contributed by atoms with Crippen LogP contribution >= 0.6 is 0 Å². The molecular weight excluding hydrogens is 232 g/mol. The van der Waals surface area contributed by atoms with Gasteiger partial charge in [-0.15, -0.1) is 0 Å². The van der Waals surface area contributed by atoms with Gasteiger partial charge in [-0.1, -0.05) is 69.8 Å². The molecule has 0 aliphatic heterocycles. The Morgan fingerprint density at radius 1 is 0.632 bits per heavy atom. The summed E-state index contributed by atoms with van der Waals surface area (Å²) in [5.74, 6) is 0.349. The summed E-state index contributed by atoms with van der Waals surface area (Å²) >= 11 is 0. The number of ketones is 1. The van der Waals surface area contributed by atoms with Gasteiger partial charge in [-0.25, -0.2) is 0 Å². The third-order valence-corrected chi connectivity index (χ3v) is 4.15. The van der Waals surface area contributed by atoms with Gasteiger partial charge in [0.2, 0.25) is 0 Å². The Hall–Kier alpha value is -0.590. The van der Waals surface area contributed by atoms with E-state index < -0.39 is 0 Å². The standard InChI is InChI=1S/C18H32O/c1-17-14-12-10-8-6-4-2-3-5-7-9-11-13-15-18(19)16-17/h16H,2-15H2,1H3/b17-16+. The molecule has 0 radical (unpaired) electrons. The van der Waals surface area contributed by atoms with Crippen molar-refractivity contribution in [1.29, 1.82) is 0 Å². The van der Waals surface area contributed by atoms with E-state index >= 15 is 0 Å². The van der Waals surface area contributed by atoms with Crippen molar-refractivity contribution in [2.75, 3.05) is 0 Å². The van der Waals surface area contributed by atoms with E-state index in [4.69, 9.17) is 0 Å². The molecule has 0 atom stereocenters. The number of allylic oxidation sites excluding steroid dienone is 2. The molecule has 0 unspecified atom stereocenters. The first-order chi connectivity index (χ1) is 9.29. The van der Waals surface area contributed by atoms with Crippen molar-refractivity contribution in [1.82, 2.24) is 0 Å². The van der Waals surface area contributed by atoms with Crippen molar-refractivity contribution in [2.45, 2.75) is 96.8 Å². The summed E-state index contributed by atoms with van der Waals surface area (Å²) in [4.78, 5) is 11.8. The topological polar surface area (TPSA) is 17.1 Å². The molecule has 19 heavy (non-hydrogen) atoms. The van der Waals surface area contributed by atoms with E-state index in [9.17, 15) is 4.79 Å².